The number of hydrogen-bond acceptors (Lipinski definition) is 0. The number of rotatable bonds is 0. The fourth-order valence-electron chi connectivity index (χ4n) is 0.0412. The van der Waals surface area contributed by atoms with E-state index in [1.807, 2.05) is 0 Å². The summed E-state index contributed by atoms with van der Waals surface area (Å²) in [5, 5.41) is 1.54. The van der Waals surface area contributed by atoms with E-state index in [4.69, 9.17) is 0 Å². The van der Waals surface area contributed by atoms with Crippen molar-refractivity contribution in [1.29, 1.82) is 0 Å². The molecule has 0 fully saturated rings. The maximum absolute atomic E-state index is 10.8. The third-order valence-electron chi connectivity index (χ3n) is 0.164. The Morgan fingerprint density at radius 1 is 1.50 bits per heavy atom. The lowest BCUT2D eigenvalue weighted by Crippen LogP contribution is -1.77. The molecule has 0 spiro atoms. The topological polar surface area (TPSA) is 0 Å². The van der Waals surface area contributed by atoms with Gasteiger partial charge in [-0.2, -0.15) is 8.78 Å². The van der Waals surface area contributed by atoms with Crippen molar-refractivity contribution in [2.24, 2.45) is 0 Å². The summed E-state index contributed by atoms with van der Waals surface area (Å²) < 4.78 is 21.6. The maximum Gasteiger partial charge on any atom is 0.300 e. The second-order valence-corrected chi connectivity index (χ2v) is 0.729. The molecule has 0 saturated carbocycles. The molecule has 0 bridgehead atoms. The molecule has 0 N–H and O–H groups in total. The van der Waals surface area contributed by atoms with Crippen molar-refractivity contribution >= 4 is 11.6 Å². The molecular weight excluding hydrogens is 109 g/mol. The van der Waals surface area contributed by atoms with Crippen LogP contribution in [0.5, 0.6) is 0 Å². The van der Waals surface area contributed by atoms with E-state index in [2.05, 4.69) is 11.6 Å². The Kier molecular flexibility index (Phi) is 2.78. The average Bonchev–Trinajstić information content (AvgIpc) is 1.35. The monoisotopic (exact) mass is 110 g/mol. The Hall–Kier alpha value is -0.290. The Morgan fingerprint density at radius 3 is 2.00 bits per heavy atom. The summed E-state index contributed by atoms with van der Waals surface area (Å²) in [4.78, 5) is 0. The molecule has 0 rings (SSSR count). The second kappa shape index (κ2) is 2.92. The molecule has 0 aliphatic rings. The van der Waals surface area contributed by atoms with Crippen molar-refractivity contribution in [1.82, 2.24) is 0 Å². The van der Waals surface area contributed by atoms with Gasteiger partial charge in [0.05, 0.1) is 0 Å². The summed E-state index contributed by atoms with van der Waals surface area (Å²) in [6.07, 6.45) is -2.59. The minimum Gasteiger partial charge on any atom is -0.196 e. The van der Waals surface area contributed by atoms with E-state index < -0.39 is 6.43 Å². The van der Waals surface area contributed by atoms with Crippen LogP contribution in [0.1, 0.15) is 0 Å². The van der Waals surface area contributed by atoms with Crippen molar-refractivity contribution in [2.45, 2.75) is 6.43 Å². The molecular formula is C3HClF2. The third kappa shape index (κ3) is 3.71. The first-order valence-electron chi connectivity index (χ1n) is 1.16. The number of hydrogen-bond donors (Lipinski definition) is 0. The van der Waals surface area contributed by atoms with Crippen LogP contribution in [-0.4, -0.2) is 6.43 Å². The van der Waals surface area contributed by atoms with Gasteiger partial charge in [0.15, 0.2) is 0 Å². The van der Waals surface area contributed by atoms with Gasteiger partial charge >= 0.3 is 0 Å². The van der Waals surface area contributed by atoms with Crippen LogP contribution in [0.25, 0.3) is 0 Å². The van der Waals surface area contributed by atoms with E-state index in [0.717, 1.165) is 0 Å². The average molecular weight is 110 g/mol. The van der Waals surface area contributed by atoms with E-state index in [-0.39, 0.29) is 0 Å². The van der Waals surface area contributed by atoms with Gasteiger partial charge in [0, 0.05) is 5.38 Å². The molecule has 0 aliphatic carbocycles. The molecule has 0 nitrogen and oxygen atoms in total. The van der Waals surface area contributed by atoms with Gasteiger partial charge < -0.3 is 0 Å². The van der Waals surface area contributed by atoms with Crippen LogP contribution < -0.4 is 0 Å². The van der Waals surface area contributed by atoms with Gasteiger partial charge in [0.25, 0.3) is 6.43 Å². The van der Waals surface area contributed by atoms with E-state index in [1.165, 1.54) is 11.3 Å². The van der Waals surface area contributed by atoms with E-state index in [9.17, 15) is 8.78 Å². The van der Waals surface area contributed by atoms with Crippen LogP contribution in [0.4, 0.5) is 8.78 Å². The van der Waals surface area contributed by atoms with Crippen LogP contribution in [0.2, 0.25) is 0 Å². The zero-order valence-corrected chi connectivity index (χ0v) is 3.47. The normalized spacial score (nSPS) is 7.33. The van der Waals surface area contributed by atoms with Gasteiger partial charge in [-0.1, -0.05) is 0 Å². The van der Waals surface area contributed by atoms with Crippen molar-refractivity contribution in [2.75, 3.05) is 0 Å². The quantitative estimate of drug-likeness (QED) is 0.414. The molecule has 0 saturated heterocycles. The first kappa shape index (κ1) is 5.71. The van der Waals surface area contributed by atoms with Gasteiger partial charge in [-0.3, -0.25) is 0 Å². The molecule has 0 aromatic carbocycles. The highest BCUT2D eigenvalue weighted by Crippen LogP contribution is 1.85. The SMILES string of the molecule is FC(F)C#CCl. The lowest BCUT2D eigenvalue weighted by molar-refractivity contribution is 0.215. The summed E-state index contributed by atoms with van der Waals surface area (Å²) in [6.45, 7) is 0. The van der Waals surface area contributed by atoms with E-state index >= 15 is 0 Å². The molecule has 0 atom stereocenters. The first-order valence-corrected chi connectivity index (χ1v) is 1.54. The number of alkyl halides is 2. The Balaban J connectivity index is 3.20. The Labute approximate surface area is 39.1 Å². The zero-order valence-electron chi connectivity index (χ0n) is 2.71. The largest absolute Gasteiger partial charge is 0.300 e. The highest BCUT2D eigenvalue weighted by atomic mass is 35.5. The van der Waals surface area contributed by atoms with Gasteiger partial charge in [0.2, 0.25) is 0 Å². The van der Waals surface area contributed by atoms with Crippen molar-refractivity contribution in [3.8, 4) is 11.3 Å². The molecule has 0 amide bonds. The van der Waals surface area contributed by atoms with Crippen LogP contribution in [0.15, 0.2) is 0 Å². The molecule has 0 aromatic rings. The second-order valence-electron chi connectivity index (χ2n) is 0.540. The minimum atomic E-state index is -2.59. The Bertz CT molecular complexity index is 78.5. The highest BCUT2D eigenvalue weighted by Gasteiger charge is 1.88. The third-order valence-corrected chi connectivity index (χ3v) is 0.273. The molecule has 0 aliphatic heterocycles. The lowest BCUT2D eigenvalue weighted by atomic mass is 10.8. The fourth-order valence-corrected chi connectivity index (χ4v) is 0.124. The van der Waals surface area contributed by atoms with Gasteiger partial charge in [-0.05, 0) is 17.5 Å². The first-order chi connectivity index (χ1) is 2.77. The summed E-state index contributed by atoms with van der Waals surface area (Å²) in [5.74, 6) is 1.39. The van der Waals surface area contributed by atoms with Crippen LogP contribution in [0.3, 0.4) is 0 Å². The summed E-state index contributed by atoms with van der Waals surface area (Å²) >= 11 is 4.56. The predicted octanol–water partition coefficient (Wildman–Crippen LogP) is 1.45. The fraction of sp³-hybridized carbons (Fsp3) is 0.333. The Morgan fingerprint density at radius 2 is 2.00 bits per heavy atom. The van der Waals surface area contributed by atoms with Gasteiger partial charge in [-0.25, -0.2) is 0 Å². The van der Waals surface area contributed by atoms with Crippen molar-refractivity contribution in [3.05, 3.63) is 0 Å². The molecule has 0 radical (unpaired) electrons. The van der Waals surface area contributed by atoms with Crippen molar-refractivity contribution in [3.63, 3.8) is 0 Å². The minimum absolute atomic E-state index is 1.39. The molecule has 0 aromatic heterocycles. The van der Waals surface area contributed by atoms with Gasteiger partial charge in [-0.15, -0.1) is 0 Å². The molecule has 3 heteroatoms. The molecule has 0 heterocycles. The van der Waals surface area contributed by atoms with Crippen molar-refractivity contribution < 1.29 is 8.78 Å². The summed E-state index contributed by atoms with van der Waals surface area (Å²) in [5.41, 5.74) is 0. The summed E-state index contributed by atoms with van der Waals surface area (Å²) in [7, 11) is 0. The van der Waals surface area contributed by atoms with Crippen LogP contribution in [0, 0.1) is 11.3 Å². The smallest absolute Gasteiger partial charge is 0.196 e. The molecule has 0 unspecified atom stereocenters. The van der Waals surface area contributed by atoms with Gasteiger partial charge in [0.1, 0.15) is 0 Å². The van der Waals surface area contributed by atoms with Crippen LogP contribution >= 0.6 is 11.6 Å². The zero-order chi connectivity index (χ0) is 4.99. The molecule has 6 heavy (non-hydrogen) atoms. The lowest BCUT2D eigenvalue weighted by Gasteiger charge is -1.72. The maximum atomic E-state index is 10.8. The standard InChI is InChI=1S/C3HClF2/c4-2-1-3(5)6/h3H. The highest BCUT2D eigenvalue weighted by molar-refractivity contribution is 6.30. The van der Waals surface area contributed by atoms with Crippen LogP contribution in [-0.2, 0) is 0 Å². The predicted molar refractivity (Wildman–Crippen MR) is 19.6 cm³/mol. The molecule has 34 valence electrons. The summed E-state index contributed by atoms with van der Waals surface area (Å²) in [6, 6.07) is 0. The van der Waals surface area contributed by atoms with E-state index in [0.29, 0.717) is 0 Å². The number of halogens is 3. The van der Waals surface area contributed by atoms with E-state index in [1.54, 1.807) is 0 Å².